The summed E-state index contributed by atoms with van der Waals surface area (Å²) in [6, 6.07) is 10.5. The summed E-state index contributed by atoms with van der Waals surface area (Å²) >= 11 is 1.79. The number of carbonyl (C=O) groups excluding carboxylic acids is 1. The van der Waals surface area contributed by atoms with Crippen molar-refractivity contribution >= 4 is 17.7 Å². The molecule has 21 heavy (non-hydrogen) atoms. The predicted octanol–water partition coefficient (Wildman–Crippen LogP) is 1.51. The Morgan fingerprint density at radius 2 is 2.24 bits per heavy atom. The third kappa shape index (κ3) is 3.59. The molecule has 114 valence electrons. The van der Waals surface area contributed by atoms with E-state index in [1.165, 1.54) is 5.56 Å². The van der Waals surface area contributed by atoms with Gasteiger partial charge in [0.2, 0.25) is 5.91 Å². The number of nitrogens with one attached hydrogen (secondary N) is 1. The van der Waals surface area contributed by atoms with Gasteiger partial charge in [-0.1, -0.05) is 30.3 Å². The Balaban J connectivity index is 1.62. The topological polar surface area (TPSA) is 41.6 Å². The molecule has 1 aromatic rings. The van der Waals surface area contributed by atoms with Gasteiger partial charge in [-0.3, -0.25) is 10.1 Å². The van der Waals surface area contributed by atoms with E-state index in [4.69, 9.17) is 4.74 Å². The molecule has 1 N–H and O–H groups in total. The van der Waals surface area contributed by atoms with E-state index in [-0.39, 0.29) is 24.1 Å². The molecule has 0 aromatic heterocycles. The Labute approximate surface area is 130 Å². The van der Waals surface area contributed by atoms with E-state index in [0.29, 0.717) is 13.2 Å². The van der Waals surface area contributed by atoms with Crippen LogP contribution < -0.4 is 5.32 Å². The molecule has 0 radical (unpaired) electrons. The molecule has 4 nitrogen and oxygen atoms in total. The van der Waals surface area contributed by atoms with Gasteiger partial charge >= 0.3 is 0 Å². The van der Waals surface area contributed by atoms with Crippen molar-refractivity contribution in [2.75, 3.05) is 24.8 Å². The smallest absolute Gasteiger partial charge is 0.240 e. The van der Waals surface area contributed by atoms with Crippen LogP contribution in [0.4, 0.5) is 0 Å². The van der Waals surface area contributed by atoms with E-state index in [9.17, 15) is 4.79 Å². The van der Waals surface area contributed by atoms with E-state index in [1.807, 2.05) is 23.1 Å². The summed E-state index contributed by atoms with van der Waals surface area (Å²) in [6.45, 7) is 3.39. The molecule has 1 aromatic carbocycles. The van der Waals surface area contributed by atoms with Crippen LogP contribution >= 0.6 is 11.8 Å². The SMILES string of the molecule is CC1COC(Cc2ccccc2)CN1C(=O)C1CSCN1. The Hall–Kier alpha value is -1.04. The molecule has 0 saturated carbocycles. The molecule has 0 bridgehead atoms. The van der Waals surface area contributed by atoms with E-state index < -0.39 is 0 Å². The minimum atomic E-state index is -0.0204. The maximum Gasteiger partial charge on any atom is 0.240 e. The van der Waals surface area contributed by atoms with E-state index >= 15 is 0 Å². The van der Waals surface area contributed by atoms with Crippen molar-refractivity contribution in [3.63, 3.8) is 0 Å². The van der Waals surface area contributed by atoms with E-state index in [1.54, 1.807) is 11.8 Å². The molecule has 2 heterocycles. The minimum absolute atomic E-state index is 0.0204. The average molecular weight is 306 g/mol. The Kier molecular flexibility index (Phi) is 4.83. The number of rotatable bonds is 3. The van der Waals surface area contributed by atoms with Crippen molar-refractivity contribution in [2.24, 2.45) is 0 Å². The fraction of sp³-hybridized carbons (Fsp3) is 0.562. The van der Waals surface area contributed by atoms with Crippen LogP contribution in [0.2, 0.25) is 0 Å². The van der Waals surface area contributed by atoms with Crippen molar-refractivity contribution < 1.29 is 9.53 Å². The van der Waals surface area contributed by atoms with Gasteiger partial charge in [-0.25, -0.2) is 0 Å². The molecular formula is C16H22N2O2S. The monoisotopic (exact) mass is 306 g/mol. The van der Waals surface area contributed by atoms with Crippen LogP contribution in [-0.4, -0.2) is 53.8 Å². The van der Waals surface area contributed by atoms with E-state index in [0.717, 1.165) is 18.1 Å². The van der Waals surface area contributed by atoms with Gasteiger partial charge < -0.3 is 9.64 Å². The summed E-state index contributed by atoms with van der Waals surface area (Å²) in [5.41, 5.74) is 1.26. The summed E-state index contributed by atoms with van der Waals surface area (Å²) in [5.74, 6) is 1.99. The molecule has 5 heteroatoms. The summed E-state index contributed by atoms with van der Waals surface area (Å²) in [7, 11) is 0. The maximum atomic E-state index is 12.6. The third-order valence-corrected chi connectivity index (χ3v) is 5.05. The van der Waals surface area contributed by atoms with Crippen molar-refractivity contribution in [3.05, 3.63) is 35.9 Å². The molecule has 2 aliphatic rings. The van der Waals surface area contributed by atoms with Crippen LogP contribution in [0.1, 0.15) is 12.5 Å². The number of amides is 1. The highest BCUT2D eigenvalue weighted by Crippen LogP contribution is 2.19. The second-order valence-electron chi connectivity index (χ2n) is 5.76. The Bertz CT molecular complexity index is 476. The highest BCUT2D eigenvalue weighted by atomic mass is 32.2. The van der Waals surface area contributed by atoms with Crippen LogP contribution in [0.15, 0.2) is 30.3 Å². The molecule has 3 atom stereocenters. The molecule has 0 spiro atoms. The Morgan fingerprint density at radius 1 is 1.43 bits per heavy atom. The van der Waals surface area contributed by atoms with Crippen LogP contribution in [0.25, 0.3) is 0 Å². The highest BCUT2D eigenvalue weighted by Gasteiger charge is 2.34. The van der Waals surface area contributed by atoms with Crippen molar-refractivity contribution in [3.8, 4) is 0 Å². The van der Waals surface area contributed by atoms with Crippen molar-refractivity contribution in [1.82, 2.24) is 10.2 Å². The van der Waals surface area contributed by atoms with E-state index in [2.05, 4.69) is 24.4 Å². The number of morpholine rings is 1. The van der Waals surface area contributed by atoms with Crippen LogP contribution in [0.5, 0.6) is 0 Å². The molecule has 3 rings (SSSR count). The van der Waals surface area contributed by atoms with Gasteiger partial charge in [0.1, 0.15) is 0 Å². The van der Waals surface area contributed by atoms with Gasteiger partial charge in [-0.15, -0.1) is 11.8 Å². The van der Waals surface area contributed by atoms with Crippen LogP contribution in [0.3, 0.4) is 0 Å². The zero-order valence-corrected chi connectivity index (χ0v) is 13.1. The molecule has 2 aliphatic heterocycles. The minimum Gasteiger partial charge on any atom is -0.374 e. The second kappa shape index (κ2) is 6.81. The van der Waals surface area contributed by atoms with Gasteiger partial charge in [-0.2, -0.15) is 0 Å². The maximum absolute atomic E-state index is 12.6. The Morgan fingerprint density at radius 3 is 2.95 bits per heavy atom. The summed E-state index contributed by atoms with van der Waals surface area (Å²) in [4.78, 5) is 14.6. The average Bonchev–Trinajstić information content (AvgIpc) is 3.04. The van der Waals surface area contributed by atoms with Crippen molar-refractivity contribution in [1.29, 1.82) is 0 Å². The molecule has 1 amide bonds. The zero-order valence-electron chi connectivity index (χ0n) is 12.3. The fourth-order valence-corrected chi connectivity index (χ4v) is 3.81. The normalized spacial score (nSPS) is 29.6. The summed E-state index contributed by atoms with van der Waals surface area (Å²) in [6.07, 6.45) is 0.964. The first kappa shape index (κ1) is 14.9. The predicted molar refractivity (Wildman–Crippen MR) is 85.3 cm³/mol. The second-order valence-corrected chi connectivity index (χ2v) is 6.79. The molecule has 3 unspecified atom stereocenters. The number of thioether (sulfide) groups is 1. The zero-order chi connectivity index (χ0) is 14.7. The molecule has 0 aliphatic carbocycles. The molecule has 2 fully saturated rings. The lowest BCUT2D eigenvalue weighted by atomic mass is 10.0. The quantitative estimate of drug-likeness (QED) is 0.919. The van der Waals surface area contributed by atoms with Gasteiger partial charge in [0.15, 0.2) is 0 Å². The number of carbonyl (C=O) groups is 1. The lowest BCUT2D eigenvalue weighted by molar-refractivity contribution is -0.145. The third-order valence-electron chi connectivity index (χ3n) is 4.11. The fourth-order valence-electron chi connectivity index (χ4n) is 2.88. The number of benzene rings is 1. The lowest BCUT2D eigenvalue weighted by Gasteiger charge is -2.39. The number of nitrogens with zero attached hydrogens (tertiary/aromatic N) is 1. The number of ether oxygens (including phenoxy) is 1. The van der Waals surface area contributed by atoms with Crippen LogP contribution in [0, 0.1) is 0 Å². The summed E-state index contributed by atoms with van der Waals surface area (Å²) in [5, 5.41) is 3.27. The largest absolute Gasteiger partial charge is 0.374 e. The van der Waals surface area contributed by atoms with Gasteiger partial charge in [-0.05, 0) is 12.5 Å². The first-order valence-electron chi connectivity index (χ1n) is 7.51. The first-order chi connectivity index (χ1) is 10.2. The van der Waals surface area contributed by atoms with Gasteiger partial charge in [0.25, 0.3) is 0 Å². The molecular weight excluding hydrogens is 284 g/mol. The van der Waals surface area contributed by atoms with Crippen molar-refractivity contribution in [2.45, 2.75) is 31.5 Å². The highest BCUT2D eigenvalue weighted by molar-refractivity contribution is 7.99. The van der Waals surface area contributed by atoms with Crippen LogP contribution in [-0.2, 0) is 16.0 Å². The first-order valence-corrected chi connectivity index (χ1v) is 8.66. The molecule has 2 saturated heterocycles. The van der Waals surface area contributed by atoms with Gasteiger partial charge in [0.05, 0.1) is 24.8 Å². The number of hydrogen-bond donors (Lipinski definition) is 1. The number of hydrogen-bond acceptors (Lipinski definition) is 4. The van der Waals surface area contributed by atoms with Gasteiger partial charge in [0, 0.05) is 24.6 Å². The summed E-state index contributed by atoms with van der Waals surface area (Å²) < 4.78 is 5.92. The standard InChI is InChI=1S/C16H22N2O2S/c1-12-9-20-14(7-13-5-3-2-4-6-13)8-18(12)16(19)15-10-21-11-17-15/h2-6,12,14-15,17H,7-11H2,1H3. The lowest BCUT2D eigenvalue weighted by Crippen LogP contribution is -2.56.